The van der Waals surface area contributed by atoms with E-state index in [1.165, 1.54) is 12.1 Å². The van der Waals surface area contributed by atoms with Crippen molar-refractivity contribution in [2.24, 2.45) is 0 Å². The molecule has 1 fully saturated rings. The van der Waals surface area contributed by atoms with E-state index in [2.05, 4.69) is 5.32 Å². The number of halogens is 1. The van der Waals surface area contributed by atoms with Crippen LogP contribution in [0.2, 0.25) is 0 Å². The van der Waals surface area contributed by atoms with Gasteiger partial charge in [-0.1, -0.05) is 18.2 Å². The first-order valence-corrected chi connectivity index (χ1v) is 8.20. The molecule has 24 heavy (non-hydrogen) atoms. The van der Waals surface area contributed by atoms with Gasteiger partial charge in [0.05, 0.1) is 0 Å². The van der Waals surface area contributed by atoms with Crippen LogP contribution in [0.1, 0.15) is 10.4 Å². The third-order valence-electron chi connectivity index (χ3n) is 3.97. The fourth-order valence-electron chi connectivity index (χ4n) is 2.61. The summed E-state index contributed by atoms with van der Waals surface area (Å²) in [5.74, 6) is -0.229. The highest BCUT2D eigenvalue weighted by Crippen LogP contribution is 2.12. The quantitative estimate of drug-likeness (QED) is 0.851. The molecular formula is C18H18FN3OS. The average molecular weight is 343 g/mol. The summed E-state index contributed by atoms with van der Waals surface area (Å²) < 4.78 is 12.9. The van der Waals surface area contributed by atoms with Gasteiger partial charge in [0, 0.05) is 37.4 Å². The molecule has 0 bridgehead atoms. The molecule has 0 spiro atoms. The fourth-order valence-corrected chi connectivity index (χ4v) is 2.91. The molecule has 0 atom stereocenters. The Labute approximate surface area is 145 Å². The predicted octanol–water partition coefficient (Wildman–Crippen LogP) is 2.98. The van der Waals surface area contributed by atoms with Crippen molar-refractivity contribution in [3.63, 3.8) is 0 Å². The summed E-state index contributed by atoms with van der Waals surface area (Å²) in [5.41, 5.74) is 1.46. The van der Waals surface area contributed by atoms with Gasteiger partial charge in [0.1, 0.15) is 5.82 Å². The zero-order valence-electron chi connectivity index (χ0n) is 13.1. The summed E-state index contributed by atoms with van der Waals surface area (Å²) >= 11 is 5.40. The highest BCUT2D eigenvalue weighted by Gasteiger charge is 2.23. The molecule has 1 amide bonds. The van der Waals surface area contributed by atoms with Crippen LogP contribution in [0.25, 0.3) is 0 Å². The number of piperazine rings is 1. The number of benzene rings is 2. The number of rotatable bonds is 2. The number of nitrogens with zero attached hydrogens (tertiary/aromatic N) is 2. The van der Waals surface area contributed by atoms with Crippen LogP contribution in [0.4, 0.5) is 10.1 Å². The Kier molecular flexibility index (Phi) is 5.05. The predicted molar refractivity (Wildman–Crippen MR) is 96.5 cm³/mol. The van der Waals surface area contributed by atoms with Gasteiger partial charge in [-0.25, -0.2) is 4.39 Å². The first-order chi connectivity index (χ1) is 11.6. The molecule has 2 aromatic carbocycles. The van der Waals surface area contributed by atoms with Crippen LogP contribution in [0.3, 0.4) is 0 Å². The van der Waals surface area contributed by atoms with E-state index in [4.69, 9.17) is 12.2 Å². The summed E-state index contributed by atoms with van der Waals surface area (Å²) in [6.45, 7) is 2.59. The van der Waals surface area contributed by atoms with E-state index in [1.807, 2.05) is 40.1 Å². The fraction of sp³-hybridized carbons (Fsp3) is 0.222. The molecule has 1 heterocycles. The van der Waals surface area contributed by atoms with Crippen molar-refractivity contribution < 1.29 is 9.18 Å². The van der Waals surface area contributed by atoms with Gasteiger partial charge in [-0.3, -0.25) is 4.79 Å². The van der Waals surface area contributed by atoms with Gasteiger partial charge in [-0.2, -0.15) is 0 Å². The number of hydrogen-bond acceptors (Lipinski definition) is 2. The lowest BCUT2D eigenvalue weighted by Gasteiger charge is -2.36. The highest BCUT2D eigenvalue weighted by molar-refractivity contribution is 7.80. The van der Waals surface area contributed by atoms with Crippen molar-refractivity contribution in [2.75, 3.05) is 31.5 Å². The smallest absolute Gasteiger partial charge is 0.253 e. The van der Waals surface area contributed by atoms with Gasteiger partial charge in [0.15, 0.2) is 5.11 Å². The lowest BCUT2D eigenvalue weighted by Crippen LogP contribution is -2.51. The maximum atomic E-state index is 12.9. The Morgan fingerprint density at radius 1 is 0.917 bits per heavy atom. The van der Waals surface area contributed by atoms with Gasteiger partial charge in [0.2, 0.25) is 0 Å². The molecule has 0 aliphatic carbocycles. The first kappa shape index (κ1) is 16.4. The van der Waals surface area contributed by atoms with E-state index < -0.39 is 0 Å². The molecule has 4 nitrogen and oxygen atoms in total. The Balaban J connectivity index is 1.54. The molecule has 1 aliphatic heterocycles. The lowest BCUT2D eigenvalue weighted by atomic mass is 10.2. The molecule has 2 aromatic rings. The highest BCUT2D eigenvalue weighted by atomic mass is 32.1. The number of thiocarbonyl (C=S) groups is 1. The number of carbonyl (C=O) groups is 1. The second-order valence-electron chi connectivity index (χ2n) is 5.58. The summed E-state index contributed by atoms with van der Waals surface area (Å²) in [5, 5.41) is 3.69. The second kappa shape index (κ2) is 7.40. The Hall–Kier alpha value is -2.47. The van der Waals surface area contributed by atoms with E-state index >= 15 is 0 Å². The zero-order chi connectivity index (χ0) is 16.9. The molecule has 1 aliphatic rings. The molecule has 6 heteroatoms. The maximum absolute atomic E-state index is 12.9. The van der Waals surface area contributed by atoms with Crippen LogP contribution in [-0.4, -0.2) is 47.0 Å². The van der Waals surface area contributed by atoms with Gasteiger partial charge < -0.3 is 15.1 Å². The monoisotopic (exact) mass is 343 g/mol. The molecule has 0 unspecified atom stereocenters. The number of nitrogens with one attached hydrogen (secondary N) is 1. The molecule has 0 aromatic heterocycles. The molecule has 0 saturated carbocycles. The van der Waals surface area contributed by atoms with Gasteiger partial charge in [-0.15, -0.1) is 0 Å². The zero-order valence-corrected chi connectivity index (χ0v) is 13.9. The van der Waals surface area contributed by atoms with Crippen molar-refractivity contribution in [1.82, 2.24) is 9.80 Å². The van der Waals surface area contributed by atoms with Crippen LogP contribution < -0.4 is 5.32 Å². The largest absolute Gasteiger partial charge is 0.345 e. The second-order valence-corrected chi connectivity index (χ2v) is 5.97. The van der Waals surface area contributed by atoms with Gasteiger partial charge >= 0.3 is 0 Å². The van der Waals surface area contributed by atoms with Crippen molar-refractivity contribution in [3.8, 4) is 0 Å². The average Bonchev–Trinajstić information content (AvgIpc) is 2.64. The van der Waals surface area contributed by atoms with Crippen molar-refractivity contribution in [2.45, 2.75) is 0 Å². The minimum absolute atomic E-state index is 0.0488. The standard InChI is InChI=1S/C18H18FN3OS/c19-15-6-8-16(9-7-15)20-18(24)22-12-10-21(11-13-22)17(23)14-4-2-1-3-5-14/h1-9H,10-13H2,(H,20,24). The van der Waals surface area contributed by atoms with E-state index in [1.54, 1.807) is 12.1 Å². The van der Waals surface area contributed by atoms with Crippen LogP contribution >= 0.6 is 12.2 Å². The maximum Gasteiger partial charge on any atom is 0.253 e. The third-order valence-corrected chi connectivity index (χ3v) is 4.33. The van der Waals surface area contributed by atoms with Crippen LogP contribution in [0.15, 0.2) is 54.6 Å². The number of hydrogen-bond donors (Lipinski definition) is 1. The SMILES string of the molecule is O=C(c1ccccc1)N1CCN(C(=S)Nc2ccc(F)cc2)CC1. The van der Waals surface area contributed by atoms with Crippen LogP contribution in [-0.2, 0) is 0 Å². The number of carbonyl (C=O) groups excluding carboxylic acids is 1. The number of anilines is 1. The van der Waals surface area contributed by atoms with Gasteiger partial charge in [-0.05, 0) is 48.6 Å². The summed E-state index contributed by atoms with van der Waals surface area (Å²) in [6, 6.07) is 15.4. The molecule has 1 saturated heterocycles. The van der Waals surface area contributed by atoms with Gasteiger partial charge in [0.25, 0.3) is 5.91 Å². The topological polar surface area (TPSA) is 35.6 Å². The van der Waals surface area contributed by atoms with Crippen LogP contribution in [0.5, 0.6) is 0 Å². The number of amides is 1. The van der Waals surface area contributed by atoms with E-state index in [0.29, 0.717) is 36.9 Å². The summed E-state index contributed by atoms with van der Waals surface area (Å²) in [4.78, 5) is 16.3. The van der Waals surface area contributed by atoms with Crippen molar-refractivity contribution in [1.29, 1.82) is 0 Å². The third kappa shape index (κ3) is 3.89. The van der Waals surface area contributed by atoms with Crippen molar-refractivity contribution >= 4 is 28.9 Å². The Morgan fingerprint density at radius 3 is 2.12 bits per heavy atom. The first-order valence-electron chi connectivity index (χ1n) is 7.79. The minimum Gasteiger partial charge on any atom is -0.345 e. The lowest BCUT2D eigenvalue weighted by molar-refractivity contribution is 0.0693. The van der Waals surface area contributed by atoms with Crippen LogP contribution in [0, 0.1) is 5.82 Å². The molecule has 1 N–H and O–H groups in total. The van der Waals surface area contributed by atoms with E-state index in [0.717, 1.165) is 5.69 Å². The summed E-state index contributed by atoms with van der Waals surface area (Å²) in [6.07, 6.45) is 0. The summed E-state index contributed by atoms with van der Waals surface area (Å²) in [7, 11) is 0. The Morgan fingerprint density at radius 2 is 1.50 bits per heavy atom. The normalized spacial score (nSPS) is 14.4. The van der Waals surface area contributed by atoms with E-state index in [-0.39, 0.29) is 11.7 Å². The molecule has 124 valence electrons. The Bertz CT molecular complexity index is 713. The van der Waals surface area contributed by atoms with E-state index in [9.17, 15) is 9.18 Å². The molecule has 0 radical (unpaired) electrons. The van der Waals surface area contributed by atoms with Crippen molar-refractivity contribution in [3.05, 3.63) is 66.0 Å². The minimum atomic E-state index is -0.278. The molecular weight excluding hydrogens is 325 g/mol. The molecule has 3 rings (SSSR count).